The maximum Gasteiger partial charge on any atom is 0.328 e. The molecule has 1 saturated heterocycles. The molecule has 0 atom stereocenters. The van der Waals surface area contributed by atoms with Crippen LogP contribution in [0.25, 0.3) is 0 Å². The van der Waals surface area contributed by atoms with Crippen molar-refractivity contribution in [3.8, 4) is 0 Å². The van der Waals surface area contributed by atoms with Crippen LogP contribution in [-0.2, 0) is 4.79 Å². The molecule has 4 nitrogen and oxygen atoms in total. The average molecular weight is 288 g/mol. The van der Waals surface area contributed by atoms with Gasteiger partial charge in [-0.1, -0.05) is 17.7 Å². The topological polar surface area (TPSA) is 43.8 Å². The van der Waals surface area contributed by atoms with Crippen molar-refractivity contribution in [2.45, 2.75) is 20.8 Å². The van der Waals surface area contributed by atoms with Gasteiger partial charge in [-0.15, -0.1) is 0 Å². The van der Waals surface area contributed by atoms with Crippen molar-refractivity contribution >= 4 is 11.7 Å². The Morgan fingerprint density at radius 2 is 1.90 bits per heavy atom. The predicted octanol–water partition coefficient (Wildman–Crippen LogP) is 2.46. The smallest absolute Gasteiger partial charge is 0.328 e. The van der Waals surface area contributed by atoms with Crippen molar-refractivity contribution in [2.24, 2.45) is 0 Å². The molecule has 21 heavy (non-hydrogen) atoms. The number of hydrogen-bond acceptors (Lipinski definition) is 3. The third-order valence-electron chi connectivity index (χ3n) is 4.13. The number of anilines is 1. The molecule has 1 aromatic carbocycles. The molecule has 1 aromatic rings. The molecule has 1 aliphatic heterocycles. The van der Waals surface area contributed by atoms with Crippen LogP contribution in [-0.4, -0.2) is 48.7 Å². The standard InChI is InChI=1S/C17H24N2O2/c1-13(11-17(20)21)12-18-7-9-19(10-8-18)16-6-4-5-14(2)15(16)3/h4-6,11H,7-10,12H2,1-3H3,(H,20,21). The highest BCUT2D eigenvalue weighted by atomic mass is 16.4. The van der Waals surface area contributed by atoms with Crippen LogP contribution in [0.15, 0.2) is 29.8 Å². The van der Waals surface area contributed by atoms with Crippen LogP contribution in [0.3, 0.4) is 0 Å². The van der Waals surface area contributed by atoms with Crippen molar-refractivity contribution in [3.63, 3.8) is 0 Å². The molecular formula is C17H24N2O2. The molecule has 1 heterocycles. The fourth-order valence-electron chi connectivity index (χ4n) is 2.83. The first-order chi connectivity index (χ1) is 9.97. The first-order valence-corrected chi connectivity index (χ1v) is 7.41. The maximum absolute atomic E-state index is 10.7. The summed E-state index contributed by atoms with van der Waals surface area (Å²) in [5.74, 6) is -0.860. The van der Waals surface area contributed by atoms with E-state index in [4.69, 9.17) is 5.11 Å². The molecule has 0 amide bonds. The lowest BCUT2D eigenvalue weighted by atomic mass is 10.1. The third-order valence-corrected chi connectivity index (χ3v) is 4.13. The third kappa shape index (κ3) is 4.08. The van der Waals surface area contributed by atoms with E-state index in [0.717, 1.165) is 38.3 Å². The number of hydrogen-bond donors (Lipinski definition) is 1. The highest BCUT2D eigenvalue weighted by Gasteiger charge is 2.18. The van der Waals surface area contributed by atoms with E-state index in [9.17, 15) is 4.79 Å². The van der Waals surface area contributed by atoms with Gasteiger partial charge >= 0.3 is 5.97 Å². The first kappa shape index (κ1) is 15.6. The highest BCUT2D eigenvalue weighted by Crippen LogP contribution is 2.23. The molecule has 1 N–H and O–H groups in total. The summed E-state index contributed by atoms with van der Waals surface area (Å²) in [6, 6.07) is 6.45. The van der Waals surface area contributed by atoms with Crippen LogP contribution in [0.2, 0.25) is 0 Å². The second-order valence-electron chi connectivity index (χ2n) is 5.81. The summed E-state index contributed by atoms with van der Waals surface area (Å²) in [5, 5.41) is 8.76. The highest BCUT2D eigenvalue weighted by molar-refractivity contribution is 5.80. The molecule has 0 saturated carbocycles. The average Bonchev–Trinajstić information content (AvgIpc) is 2.42. The van der Waals surface area contributed by atoms with Gasteiger partial charge in [0.1, 0.15) is 0 Å². The monoisotopic (exact) mass is 288 g/mol. The van der Waals surface area contributed by atoms with Crippen molar-refractivity contribution < 1.29 is 9.90 Å². The molecule has 1 aliphatic rings. The minimum absolute atomic E-state index is 0.743. The SMILES string of the molecule is CC(=CC(=O)O)CN1CCN(c2cccc(C)c2C)CC1. The van der Waals surface area contributed by atoms with Gasteiger partial charge in [0.25, 0.3) is 0 Å². The van der Waals surface area contributed by atoms with E-state index < -0.39 is 5.97 Å². The molecule has 0 radical (unpaired) electrons. The number of piperazine rings is 1. The van der Waals surface area contributed by atoms with Gasteiger partial charge in [0, 0.05) is 44.5 Å². The summed E-state index contributed by atoms with van der Waals surface area (Å²) < 4.78 is 0. The summed E-state index contributed by atoms with van der Waals surface area (Å²) in [6.45, 7) is 10.9. The Hall–Kier alpha value is -1.81. The van der Waals surface area contributed by atoms with Gasteiger partial charge in [-0.05, 0) is 38.0 Å². The van der Waals surface area contributed by atoms with Gasteiger partial charge in [-0.25, -0.2) is 4.79 Å². The number of carbonyl (C=O) groups is 1. The quantitative estimate of drug-likeness (QED) is 0.864. The Morgan fingerprint density at radius 3 is 2.52 bits per heavy atom. The van der Waals surface area contributed by atoms with E-state index in [1.54, 1.807) is 0 Å². The van der Waals surface area contributed by atoms with Gasteiger partial charge in [0.15, 0.2) is 0 Å². The number of nitrogens with zero attached hydrogens (tertiary/aromatic N) is 2. The van der Waals surface area contributed by atoms with E-state index in [0.29, 0.717) is 0 Å². The lowest BCUT2D eigenvalue weighted by Crippen LogP contribution is -2.47. The Bertz CT molecular complexity index is 544. The van der Waals surface area contributed by atoms with Gasteiger partial charge < -0.3 is 10.0 Å². The predicted molar refractivity (Wildman–Crippen MR) is 86.0 cm³/mol. The van der Waals surface area contributed by atoms with Gasteiger partial charge in [0.2, 0.25) is 0 Å². The second-order valence-corrected chi connectivity index (χ2v) is 5.81. The number of benzene rings is 1. The van der Waals surface area contributed by atoms with Crippen molar-refractivity contribution in [1.29, 1.82) is 0 Å². The summed E-state index contributed by atoms with van der Waals surface area (Å²) in [6.07, 6.45) is 1.30. The molecule has 0 bridgehead atoms. The number of aryl methyl sites for hydroxylation is 1. The Morgan fingerprint density at radius 1 is 1.24 bits per heavy atom. The van der Waals surface area contributed by atoms with E-state index in [-0.39, 0.29) is 0 Å². The zero-order valence-corrected chi connectivity index (χ0v) is 13.1. The molecular weight excluding hydrogens is 264 g/mol. The zero-order valence-electron chi connectivity index (χ0n) is 13.1. The minimum atomic E-state index is -0.860. The molecule has 4 heteroatoms. The summed E-state index contributed by atoms with van der Waals surface area (Å²) in [4.78, 5) is 15.4. The van der Waals surface area contributed by atoms with Gasteiger partial charge in [0.05, 0.1) is 0 Å². The van der Waals surface area contributed by atoms with E-state index in [2.05, 4.69) is 41.8 Å². The van der Waals surface area contributed by atoms with Crippen LogP contribution in [0.4, 0.5) is 5.69 Å². The molecule has 0 aliphatic carbocycles. The normalized spacial score (nSPS) is 17.1. The fourth-order valence-corrected chi connectivity index (χ4v) is 2.83. The molecule has 0 aromatic heterocycles. The molecule has 1 fully saturated rings. The van der Waals surface area contributed by atoms with Crippen LogP contribution in [0, 0.1) is 13.8 Å². The minimum Gasteiger partial charge on any atom is -0.478 e. The number of carboxylic acids is 1. The van der Waals surface area contributed by atoms with Crippen LogP contribution >= 0.6 is 0 Å². The largest absolute Gasteiger partial charge is 0.478 e. The molecule has 0 spiro atoms. The lowest BCUT2D eigenvalue weighted by molar-refractivity contribution is -0.131. The molecule has 0 unspecified atom stereocenters. The first-order valence-electron chi connectivity index (χ1n) is 7.41. The number of aliphatic carboxylic acids is 1. The Labute approximate surface area is 126 Å². The van der Waals surface area contributed by atoms with E-state index in [1.807, 2.05) is 6.92 Å². The number of carboxylic acid groups (broad SMARTS) is 1. The van der Waals surface area contributed by atoms with Crippen LogP contribution in [0.5, 0.6) is 0 Å². The zero-order chi connectivity index (χ0) is 15.4. The number of rotatable bonds is 4. The van der Waals surface area contributed by atoms with Crippen molar-refractivity contribution in [1.82, 2.24) is 4.90 Å². The Kier molecular flexibility index (Phi) is 5.02. The molecule has 114 valence electrons. The summed E-state index contributed by atoms with van der Waals surface area (Å²) in [7, 11) is 0. The second kappa shape index (κ2) is 6.76. The molecule has 2 rings (SSSR count). The van der Waals surface area contributed by atoms with Crippen molar-refractivity contribution in [2.75, 3.05) is 37.6 Å². The fraction of sp³-hybridized carbons (Fsp3) is 0.471. The maximum atomic E-state index is 10.7. The van der Waals surface area contributed by atoms with Crippen molar-refractivity contribution in [3.05, 3.63) is 41.0 Å². The van der Waals surface area contributed by atoms with E-state index in [1.165, 1.54) is 22.9 Å². The van der Waals surface area contributed by atoms with Gasteiger partial charge in [-0.2, -0.15) is 0 Å². The summed E-state index contributed by atoms with van der Waals surface area (Å²) in [5.41, 5.74) is 4.92. The summed E-state index contributed by atoms with van der Waals surface area (Å²) >= 11 is 0. The lowest BCUT2D eigenvalue weighted by Gasteiger charge is -2.37. The van der Waals surface area contributed by atoms with Gasteiger partial charge in [-0.3, -0.25) is 4.90 Å². The van der Waals surface area contributed by atoms with E-state index >= 15 is 0 Å². The van der Waals surface area contributed by atoms with Crippen LogP contribution in [0.1, 0.15) is 18.1 Å². The van der Waals surface area contributed by atoms with Crippen LogP contribution < -0.4 is 4.90 Å². The Balaban J connectivity index is 1.94.